The van der Waals surface area contributed by atoms with Gasteiger partial charge in [0.2, 0.25) is 0 Å². The van der Waals surface area contributed by atoms with Gasteiger partial charge in [-0.2, -0.15) is 13.2 Å². The van der Waals surface area contributed by atoms with Crippen molar-refractivity contribution in [1.82, 2.24) is 0 Å². The normalized spacial score (nSPS) is 13.4. The maximum atomic E-state index is 12.0. The van der Waals surface area contributed by atoms with Crippen molar-refractivity contribution in [2.24, 2.45) is 0 Å². The second kappa shape index (κ2) is 5.42. The Morgan fingerprint density at radius 1 is 1.29 bits per heavy atom. The van der Waals surface area contributed by atoms with Gasteiger partial charge in [-0.25, -0.2) is 4.79 Å². The first-order valence-corrected chi connectivity index (χ1v) is 5.50. The lowest BCUT2D eigenvalue weighted by Crippen LogP contribution is -2.30. The number of aliphatic hydroxyl groups excluding tert-OH is 1. The Hall–Kier alpha value is -1.21. The first-order chi connectivity index (χ1) is 7.80. The molecule has 0 aliphatic heterocycles. The van der Waals surface area contributed by atoms with Crippen LogP contribution in [0.2, 0.25) is 0 Å². The zero-order chi connectivity index (χ0) is 13.1. The molecule has 0 aromatic heterocycles. The van der Waals surface area contributed by atoms with Crippen LogP contribution in [0.1, 0.15) is 10.4 Å². The van der Waals surface area contributed by atoms with Crippen LogP contribution in [0.5, 0.6) is 0 Å². The number of carboxylic acid groups (broad SMARTS) is 1. The first-order valence-electron chi connectivity index (χ1n) is 4.51. The summed E-state index contributed by atoms with van der Waals surface area (Å²) in [6.45, 7) is 0. The molecule has 0 aliphatic carbocycles. The molecule has 7 heteroatoms. The number of carboxylic acids is 1. The summed E-state index contributed by atoms with van der Waals surface area (Å²) in [6, 6.07) is 5.39. The fourth-order valence-electron chi connectivity index (χ4n) is 0.963. The van der Waals surface area contributed by atoms with Crippen molar-refractivity contribution in [1.29, 1.82) is 0 Å². The Morgan fingerprint density at radius 3 is 2.24 bits per heavy atom. The zero-order valence-electron chi connectivity index (χ0n) is 8.44. The number of carbonyl (C=O) groups is 1. The monoisotopic (exact) mass is 266 g/mol. The largest absolute Gasteiger partial charge is 0.478 e. The number of hydrogen-bond acceptors (Lipinski definition) is 3. The van der Waals surface area contributed by atoms with E-state index in [0.717, 1.165) is 11.8 Å². The molecule has 94 valence electrons. The molecule has 0 bridgehead atoms. The summed E-state index contributed by atoms with van der Waals surface area (Å²) < 4.78 is 35.9. The van der Waals surface area contributed by atoms with E-state index >= 15 is 0 Å². The van der Waals surface area contributed by atoms with E-state index in [4.69, 9.17) is 10.2 Å². The van der Waals surface area contributed by atoms with Gasteiger partial charge in [-0.3, -0.25) is 0 Å². The Kier molecular flexibility index (Phi) is 4.41. The van der Waals surface area contributed by atoms with Gasteiger partial charge in [-0.1, -0.05) is 0 Å². The maximum Gasteiger partial charge on any atom is 0.415 e. The Morgan fingerprint density at radius 2 is 1.82 bits per heavy atom. The van der Waals surface area contributed by atoms with Crippen molar-refractivity contribution in [3.05, 3.63) is 29.8 Å². The number of thioether (sulfide) groups is 1. The predicted molar refractivity (Wildman–Crippen MR) is 56.2 cm³/mol. The van der Waals surface area contributed by atoms with E-state index in [0.29, 0.717) is 4.90 Å². The van der Waals surface area contributed by atoms with Crippen LogP contribution in [0, 0.1) is 0 Å². The number of rotatable bonds is 4. The molecular weight excluding hydrogens is 257 g/mol. The van der Waals surface area contributed by atoms with Crippen molar-refractivity contribution in [2.45, 2.75) is 17.2 Å². The van der Waals surface area contributed by atoms with Gasteiger partial charge in [0.15, 0.2) is 6.10 Å². The van der Waals surface area contributed by atoms with Crippen LogP contribution in [0.3, 0.4) is 0 Å². The van der Waals surface area contributed by atoms with Crippen molar-refractivity contribution >= 4 is 17.7 Å². The van der Waals surface area contributed by atoms with Gasteiger partial charge in [0.05, 0.1) is 5.56 Å². The molecule has 0 fully saturated rings. The highest BCUT2D eigenvalue weighted by Gasteiger charge is 2.37. The number of aliphatic hydroxyl groups is 1. The lowest BCUT2D eigenvalue weighted by atomic mass is 10.2. The molecule has 0 spiro atoms. The van der Waals surface area contributed by atoms with Gasteiger partial charge in [0, 0.05) is 10.6 Å². The van der Waals surface area contributed by atoms with Crippen LogP contribution in [0.15, 0.2) is 29.2 Å². The van der Waals surface area contributed by atoms with Gasteiger partial charge in [0.1, 0.15) is 0 Å². The summed E-state index contributed by atoms with van der Waals surface area (Å²) in [7, 11) is 0. The van der Waals surface area contributed by atoms with Crippen LogP contribution in [0.25, 0.3) is 0 Å². The average molecular weight is 266 g/mol. The number of halogens is 3. The second-order valence-electron chi connectivity index (χ2n) is 3.20. The third-order valence-electron chi connectivity index (χ3n) is 1.89. The molecule has 1 aromatic rings. The molecule has 2 N–H and O–H groups in total. The number of benzene rings is 1. The predicted octanol–water partition coefficient (Wildman–Crippen LogP) is 2.40. The molecule has 17 heavy (non-hydrogen) atoms. The fraction of sp³-hybridized carbons (Fsp3) is 0.300. The van der Waals surface area contributed by atoms with Crippen LogP contribution in [-0.4, -0.2) is 34.2 Å². The second-order valence-corrected chi connectivity index (χ2v) is 4.29. The highest BCUT2D eigenvalue weighted by atomic mass is 32.2. The van der Waals surface area contributed by atoms with Crippen LogP contribution >= 0.6 is 11.8 Å². The fourth-order valence-corrected chi connectivity index (χ4v) is 1.83. The minimum Gasteiger partial charge on any atom is -0.478 e. The number of aromatic carboxylic acids is 1. The van der Waals surface area contributed by atoms with Crippen molar-refractivity contribution in [3.8, 4) is 0 Å². The van der Waals surface area contributed by atoms with E-state index in [1.54, 1.807) is 0 Å². The third kappa shape index (κ3) is 4.27. The van der Waals surface area contributed by atoms with E-state index in [-0.39, 0.29) is 5.56 Å². The summed E-state index contributed by atoms with van der Waals surface area (Å²) >= 11 is 0.813. The lowest BCUT2D eigenvalue weighted by Gasteiger charge is -2.13. The van der Waals surface area contributed by atoms with E-state index in [9.17, 15) is 18.0 Å². The van der Waals surface area contributed by atoms with Crippen LogP contribution < -0.4 is 0 Å². The van der Waals surface area contributed by atoms with Gasteiger partial charge >= 0.3 is 12.1 Å². The highest BCUT2D eigenvalue weighted by molar-refractivity contribution is 7.99. The minimum atomic E-state index is -4.63. The summed E-state index contributed by atoms with van der Waals surface area (Å²) in [5.41, 5.74) is 0.0609. The molecule has 0 heterocycles. The molecule has 1 unspecified atom stereocenters. The molecule has 3 nitrogen and oxygen atoms in total. The molecule has 0 aliphatic rings. The summed E-state index contributed by atoms with van der Waals surface area (Å²) in [5.74, 6) is -1.62. The van der Waals surface area contributed by atoms with Gasteiger partial charge in [-0.05, 0) is 24.3 Å². The standard InChI is InChI=1S/C10H9F3O3S/c11-10(12,13)8(14)5-17-7-3-1-6(2-4-7)9(15)16/h1-4,8,14H,5H2,(H,15,16). The molecule has 0 amide bonds. The summed E-state index contributed by atoms with van der Waals surface area (Å²) in [6.07, 6.45) is -7.01. The van der Waals surface area contributed by atoms with Crippen molar-refractivity contribution in [2.75, 3.05) is 5.75 Å². The highest BCUT2D eigenvalue weighted by Crippen LogP contribution is 2.26. The molecule has 1 aromatic carbocycles. The molecule has 1 atom stereocenters. The maximum absolute atomic E-state index is 12.0. The van der Waals surface area contributed by atoms with E-state index in [1.165, 1.54) is 24.3 Å². The Balaban J connectivity index is 2.56. The average Bonchev–Trinajstić information content (AvgIpc) is 2.25. The number of alkyl halides is 3. The first kappa shape index (κ1) is 13.9. The summed E-state index contributed by atoms with van der Waals surface area (Å²) in [4.78, 5) is 11.0. The SMILES string of the molecule is O=C(O)c1ccc(SCC(O)C(F)(F)F)cc1. The minimum absolute atomic E-state index is 0.0609. The summed E-state index contributed by atoms with van der Waals surface area (Å²) in [5, 5.41) is 17.4. The van der Waals surface area contributed by atoms with E-state index in [1.807, 2.05) is 0 Å². The molecule has 0 radical (unpaired) electrons. The smallest absolute Gasteiger partial charge is 0.415 e. The lowest BCUT2D eigenvalue weighted by molar-refractivity contribution is -0.195. The van der Waals surface area contributed by atoms with Crippen molar-refractivity contribution < 1.29 is 28.2 Å². The van der Waals surface area contributed by atoms with E-state index in [2.05, 4.69) is 0 Å². The van der Waals surface area contributed by atoms with Crippen LogP contribution in [0.4, 0.5) is 13.2 Å². The Labute approximate surface area is 99.3 Å². The number of hydrogen-bond donors (Lipinski definition) is 2. The molecular formula is C10H9F3O3S. The van der Waals surface area contributed by atoms with Gasteiger partial charge in [0.25, 0.3) is 0 Å². The third-order valence-corrected chi connectivity index (χ3v) is 2.97. The molecule has 0 saturated carbocycles. The van der Waals surface area contributed by atoms with Crippen molar-refractivity contribution in [3.63, 3.8) is 0 Å². The van der Waals surface area contributed by atoms with Gasteiger partial charge < -0.3 is 10.2 Å². The van der Waals surface area contributed by atoms with Crippen LogP contribution in [-0.2, 0) is 0 Å². The molecule has 0 saturated heterocycles. The quantitative estimate of drug-likeness (QED) is 0.822. The van der Waals surface area contributed by atoms with Gasteiger partial charge in [-0.15, -0.1) is 11.8 Å². The Bertz CT molecular complexity index is 389. The topological polar surface area (TPSA) is 57.5 Å². The molecule has 1 rings (SSSR count). The van der Waals surface area contributed by atoms with E-state index < -0.39 is 24.0 Å². The zero-order valence-corrected chi connectivity index (χ0v) is 9.26.